The van der Waals surface area contributed by atoms with Crippen LogP contribution >= 0.6 is 21.4 Å². The number of rotatable bonds is 7. The number of benzene rings is 2. The Balaban J connectivity index is 2.02. The zero-order chi connectivity index (χ0) is 15.1. The molecule has 0 aliphatic carbocycles. The van der Waals surface area contributed by atoms with Crippen LogP contribution in [0.3, 0.4) is 0 Å². The minimum atomic E-state index is -3.54. The van der Waals surface area contributed by atoms with E-state index in [1.807, 2.05) is 60.7 Å². The van der Waals surface area contributed by atoms with Crippen molar-refractivity contribution in [3.8, 4) is 0 Å². The Labute approximate surface area is 131 Å². The third-order valence-corrected chi connectivity index (χ3v) is 6.37. The molecule has 8 heteroatoms. The van der Waals surface area contributed by atoms with Crippen LogP contribution in [0.5, 0.6) is 0 Å². The summed E-state index contributed by atoms with van der Waals surface area (Å²) >= 11 is 0. The molecule has 1 atom stereocenters. The molecule has 0 spiro atoms. The van der Waals surface area contributed by atoms with Crippen LogP contribution in [0.25, 0.3) is 0 Å². The van der Waals surface area contributed by atoms with E-state index in [1.165, 1.54) is 11.0 Å². The smallest absolute Gasteiger partial charge is 0.275 e. The molecule has 5 nitrogen and oxygen atoms in total. The number of nitrogens with one attached hydrogen (secondary N) is 2. The van der Waals surface area contributed by atoms with Gasteiger partial charge in [0.25, 0.3) is 10.1 Å². The van der Waals surface area contributed by atoms with Crippen molar-refractivity contribution >= 4 is 42.9 Å². The molecule has 0 fully saturated rings. The van der Waals surface area contributed by atoms with Gasteiger partial charge in [-0.05, 0) is 24.3 Å². The number of hydrogen-bond donors (Lipinski definition) is 3. The lowest BCUT2D eigenvalue weighted by Crippen LogP contribution is -2.06. The minimum absolute atomic E-state index is 0.801. The summed E-state index contributed by atoms with van der Waals surface area (Å²) in [6.45, 7) is 0. The molecule has 1 unspecified atom stereocenters. The maximum absolute atomic E-state index is 11.4. The summed E-state index contributed by atoms with van der Waals surface area (Å²) in [6, 6.07) is 18.8. The van der Waals surface area contributed by atoms with Crippen molar-refractivity contribution in [2.75, 3.05) is 15.7 Å². The highest BCUT2D eigenvalue weighted by Gasteiger charge is 2.13. The fraction of sp³-hybridized carbons (Fsp3) is 0.0769. The average Bonchev–Trinajstić information content (AvgIpc) is 2.45. The first-order valence-electron chi connectivity index (χ1n) is 6.02. The molecule has 114 valence electrons. The second-order valence-corrected chi connectivity index (χ2v) is 8.74. The van der Waals surface area contributed by atoms with Crippen LogP contribution in [0.2, 0.25) is 0 Å². The maximum atomic E-state index is 11.4. The number of para-hydroxylation sites is 2. The van der Waals surface area contributed by atoms with E-state index in [-0.39, 0.29) is 0 Å². The molecule has 0 saturated heterocycles. The van der Waals surface area contributed by atoms with Crippen molar-refractivity contribution in [3.63, 3.8) is 0 Å². The van der Waals surface area contributed by atoms with Gasteiger partial charge in [0.15, 0.2) is 0 Å². The lowest BCUT2D eigenvalue weighted by atomic mass is 10.3. The Hall–Kier alpha value is -1.35. The summed E-state index contributed by atoms with van der Waals surface area (Å²) in [6.07, 6.45) is 1.04. The third kappa shape index (κ3) is 6.30. The zero-order valence-corrected chi connectivity index (χ0v) is 13.8. The number of anilines is 2. The standard InChI is InChI=1S/C13H16N2O3S3/c1-21(16,17)18-20(15-13-10-6-3-7-11-13)19-14-12-8-4-2-5-9-12/h2-11,14-15,20H,1H3. The van der Waals surface area contributed by atoms with Crippen LogP contribution in [-0.2, 0) is 13.7 Å². The van der Waals surface area contributed by atoms with E-state index >= 15 is 0 Å². The van der Waals surface area contributed by atoms with Gasteiger partial charge in [0, 0.05) is 32.7 Å². The van der Waals surface area contributed by atoms with Gasteiger partial charge in [-0.3, -0.25) is 0 Å². The third-order valence-electron chi connectivity index (χ3n) is 2.22. The van der Waals surface area contributed by atoms with Crippen molar-refractivity contribution < 1.29 is 12.0 Å². The Morgan fingerprint density at radius 1 is 0.952 bits per heavy atom. The van der Waals surface area contributed by atoms with E-state index in [0.717, 1.165) is 17.6 Å². The molecule has 0 aromatic heterocycles. The molecule has 2 rings (SSSR count). The van der Waals surface area contributed by atoms with Gasteiger partial charge < -0.3 is 9.44 Å². The largest absolute Gasteiger partial charge is 0.319 e. The summed E-state index contributed by atoms with van der Waals surface area (Å²) in [5, 5.41) is 0. The molecule has 21 heavy (non-hydrogen) atoms. The van der Waals surface area contributed by atoms with Crippen molar-refractivity contribution in [1.29, 1.82) is 0 Å². The molecule has 2 aromatic rings. The lowest BCUT2D eigenvalue weighted by Gasteiger charge is -2.21. The van der Waals surface area contributed by atoms with Crippen molar-refractivity contribution in [2.45, 2.75) is 0 Å². The maximum Gasteiger partial charge on any atom is 0.275 e. The van der Waals surface area contributed by atoms with Gasteiger partial charge in [-0.25, -0.2) is 0 Å². The number of hydrogen-bond acceptors (Lipinski definition) is 6. The van der Waals surface area contributed by atoms with Crippen LogP contribution in [-0.4, -0.2) is 14.7 Å². The fourth-order valence-corrected chi connectivity index (χ4v) is 5.67. The van der Waals surface area contributed by atoms with Crippen LogP contribution in [0.15, 0.2) is 60.7 Å². The molecule has 0 aliphatic heterocycles. The molecule has 2 N–H and O–H groups in total. The first-order chi connectivity index (χ1) is 10.0. The highest BCUT2D eigenvalue weighted by molar-refractivity contribution is 8.84. The molecule has 0 radical (unpaired) electrons. The highest BCUT2D eigenvalue weighted by Crippen LogP contribution is 2.43. The molecule has 0 bridgehead atoms. The van der Waals surface area contributed by atoms with Crippen LogP contribution in [0.1, 0.15) is 0 Å². The minimum Gasteiger partial charge on any atom is -0.319 e. The molecule has 2 aromatic carbocycles. The summed E-state index contributed by atoms with van der Waals surface area (Å²) in [5.41, 5.74) is 1.68. The van der Waals surface area contributed by atoms with Crippen molar-refractivity contribution in [2.24, 2.45) is 0 Å². The molecular weight excluding hydrogens is 328 g/mol. The van der Waals surface area contributed by atoms with Crippen LogP contribution in [0, 0.1) is 0 Å². The lowest BCUT2D eigenvalue weighted by molar-refractivity contribution is 0.525. The fourth-order valence-electron chi connectivity index (χ4n) is 1.40. The van der Waals surface area contributed by atoms with Crippen molar-refractivity contribution in [3.05, 3.63) is 60.7 Å². The van der Waals surface area contributed by atoms with Gasteiger partial charge in [0.05, 0.1) is 6.26 Å². The topological polar surface area (TPSA) is 67.4 Å². The van der Waals surface area contributed by atoms with Crippen molar-refractivity contribution in [1.82, 2.24) is 0 Å². The average molecular weight is 344 g/mol. The predicted molar refractivity (Wildman–Crippen MR) is 92.6 cm³/mol. The second kappa shape index (κ2) is 7.60. The van der Waals surface area contributed by atoms with E-state index in [1.54, 1.807) is 0 Å². The Kier molecular flexibility index (Phi) is 5.80. The van der Waals surface area contributed by atoms with Gasteiger partial charge in [0.1, 0.15) is 0 Å². The predicted octanol–water partition coefficient (Wildman–Crippen LogP) is 3.58. The van der Waals surface area contributed by atoms with E-state index in [2.05, 4.69) is 9.44 Å². The van der Waals surface area contributed by atoms with Gasteiger partial charge in [-0.15, -0.1) is 0 Å². The SMILES string of the molecule is CS(=O)(=O)O[SH](Nc1ccccc1)SNc1ccccc1. The summed E-state index contributed by atoms with van der Waals surface area (Å²) < 4.78 is 34.0. The first-order valence-corrected chi connectivity index (χ1v) is 10.5. The monoisotopic (exact) mass is 344 g/mol. The Morgan fingerprint density at radius 2 is 1.48 bits per heavy atom. The summed E-state index contributed by atoms with van der Waals surface area (Å²) in [4.78, 5) is 0. The molecule has 0 saturated carbocycles. The van der Waals surface area contributed by atoms with Crippen LogP contribution < -0.4 is 9.44 Å². The van der Waals surface area contributed by atoms with Gasteiger partial charge in [0.2, 0.25) is 0 Å². The highest BCUT2D eigenvalue weighted by atomic mass is 33.2. The summed E-state index contributed by atoms with van der Waals surface area (Å²) in [7, 11) is -3.82. The van der Waals surface area contributed by atoms with E-state index < -0.39 is 20.5 Å². The zero-order valence-electron chi connectivity index (χ0n) is 11.3. The Morgan fingerprint density at radius 3 is 2.00 bits per heavy atom. The van der Waals surface area contributed by atoms with Crippen LogP contribution in [0.4, 0.5) is 11.4 Å². The quantitative estimate of drug-likeness (QED) is 0.405. The van der Waals surface area contributed by atoms with E-state index in [9.17, 15) is 8.42 Å². The summed E-state index contributed by atoms with van der Waals surface area (Å²) in [5.74, 6) is 0. The normalized spacial score (nSPS) is 13.5. The van der Waals surface area contributed by atoms with E-state index in [0.29, 0.717) is 0 Å². The second-order valence-electron chi connectivity index (χ2n) is 4.07. The van der Waals surface area contributed by atoms with E-state index in [4.69, 9.17) is 3.63 Å². The first kappa shape index (κ1) is 16.0. The molecular formula is C13H16N2O3S3. The van der Waals surface area contributed by atoms with Gasteiger partial charge in [-0.1, -0.05) is 36.4 Å². The molecule has 0 aliphatic rings. The molecule has 0 heterocycles. The van der Waals surface area contributed by atoms with Gasteiger partial charge in [-0.2, -0.15) is 12.0 Å². The molecule has 0 amide bonds. The van der Waals surface area contributed by atoms with Gasteiger partial charge >= 0.3 is 0 Å². The number of thiol groups is 1. The Bertz CT molecular complexity index is 651.